The average Bonchev–Trinajstić information content (AvgIpc) is 2.92. The number of aryl methyl sites for hydroxylation is 2. The number of nitriles is 1. The Morgan fingerprint density at radius 3 is 2.39 bits per heavy atom. The van der Waals surface area contributed by atoms with Crippen LogP contribution in [0.3, 0.4) is 0 Å². The third-order valence-corrected chi connectivity index (χ3v) is 8.46. The summed E-state index contributed by atoms with van der Waals surface area (Å²) in [5.41, 5.74) is 9.03. The zero-order valence-corrected chi connectivity index (χ0v) is 25.3. The number of nitrogens with zero attached hydrogens (tertiary/aromatic N) is 2. The summed E-state index contributed by atoms with van der Waals surface area (Å²) in [5, 5.41) is 10.5. The standard InChI is InChI=1S/C34H30ClF4N3O2/c1-18-11-19(2)24(12-20(18)17-44-23-8-6-22(36)7-9-23)30-25(16-40)32(41)42(28-14-33(3,4)15-29(43)31(28)30)27-13-21(34(37,38)39)5-10-26(27)35/h5-13,30H,14-15,17,41H2,1-4H3. The van der Waals surface area contributed by atoms with E-state index < -0.39 is 23.1 Å². The topological polar surface area (TPSA) is 79.4 Å². The maximum Gasteiger partial charge on any atom is 0.416 e. The van der Waals surface area contributed by atoms with E-state index in [2.05, 4.69) is 6.07 Å². The maximum atomic E-state index is 14.0. The number of ketones is 1. The van der Waals surface area contributed by atoms with Crippen LogP contribution < -0.4 is 15.4 Å². The quantitative estimate of drug-likeness (QED) is 0.288. The van der Waals surface area contributed by atoms with E-state index in [1.165, 1.54) is 29.2 Å². The molecule has 3 aromatic rings. The summed E-state index contributed by atoms with van der Waals surface area (Å²) in [7, 11) is 0. The lowest BCUT2D eigenvalue weighted by molar-refractivity contribution is -0.137. The van der Waals surface area contributed by atoms with Crippen LogP contribution in [0.4, 0.5) is 23.2 Å². The van der Waals surface area contributed by atoms with E-state index in [9.17, 15) is 27.6 Å². The number of alkyl halides is 3. The molecule has 5 rings (SSSR count). The highest BCUT2D eigenvalue weighted by atomic mass is 35.5. The highest BCUT2D eigenvalue weighted by molar-refractivity contribution is 6.33. The lowest BCUT2D eigenvalue weighted by Crippen LogP contribution is -2.42. The van der Waals surface area contributed by atoms with Crippen LogP contribution in [0.5, 0.6) is 5.75 Å². The van der Waals surface area contributed by atoms with E-state index in [0.29, 0.717) is 29.0 Å². The number of allylic oxidation sites excluding steroid dienone is 3. The van der Waals surface area contributed by atoms with Crippen LogP contribution in [-0.2, 0) is 17.6 Å². The van der Waals surface area contributed by atoms with E-state index >= 15 is 0 Å². The first-order valence-corrected chi connectivity index (χ1v) is 14.3. The van der Waals surface area contributed by atoms with Crippen molar-refractivity contribution < 1.29 is 27.1 Å². The summed E-state index contributed by atoms with van der Waals surface area (Å²) in [5.74, 6) is -1.09. The predicted octanol–water partition coefficient (Wildman–Crippen LogP) is 8.63. The Morgan fingerprint density at radius 1 is 1.07 bits per heavy atom. The van der Waals surface area contributed by atoms with E-state index in [0.717, 1.165) is 34.9 Å². The van der Waals surface area contributed by atoms with Crippen molar-refractivity contribution in [2.75, 3.05) is 4.90 Å². The average molecular weight is 624 g/mol. The molecule has 5 nitrogen and oxygen atoms in total. The van der Waals surface area contributed by atoms with E-state index in [-0.39, 0.29) is 46.7 Å². The number of ether oxygens (including phenoxy) is 1. The Hall–Kier alpha value is -4.29. The largest absolute Gasteiger partial charge is 0.489 e. The molecule has 0 fully saturated rings. The molecule has 1 unspecified atom stereocenters. The number of hydrogen-bond donors (Lipinski definition) is 1. The van der Waals surface area contributed by atoms with Crippen molar-refractivity contribution in [3.05, 3.63) is 116 Å². The van der Waals surface area contributed by atoms with Crippen molar-refractivity contribution in [3.8, 4) is 11.8 Å². The van der Waals surface area contributed by atoms with Gasteiger partial charge in [-0.2, -0.15) is 18.4 Å². The lowest BCUT2D eigenvalue weighted by atomic mass is 9.68. The molecule has 0 aromatic heterocycles. The van der Waals surface area contributed by atoms with Crippen LogP contribution >= 0.6 is 11.6 Å². The molecule has 228 valence electrons. The van der Waals surface area contributed by atoms with Gasteiger partial charge in [0.05, 0.1) is 33.8 Å². The second kappa shape index (κ2) is 11.3. The molecule has 10 heteroatoms. The minimum Gasteiger partial charge on any atom is -0.489 e. The summed E-state index contributed by atoms with van der Waals surface area (Å²) in [6.07, 6.45) is -4.17. The predicted molar refractivity (Wildman–Crippen MR) is 160 cm³/mol. The number of anilines is 1. The van der Waals surface area contributed by atoms with Gasteiger partial charge in [0.25, 0.3) is 0 Å². The third-order valence-electron chi connectivity index (χ3n) is 8.14. The molecule has 0 amide bonds. The van der Waals surface area contributed by atoms with Gasteiger partial charge < -0.3 is 10.5 Å². The fraction of sp³-hybridized carbons (Fsp3) is 0.294. The Balaban J connectivity index is 1.69. The van der Waals surface area contributed by atoms with Crippen LogP contribution in [0.25, 0.3) is 0 Å². The van der Waals surface area contributed by atoms with Crippen molar-refractivity contribution in [1.82, 2.24) is 0 Å². The van der Waals surface area contributed by atoms with Gasteiger partial charge in [0.2, 0.25) is 0 Å². The van der Waals surface area contributed by atoms with E-state index in [1.807, 2.05) is 39.8 Å². The lowest BCUT2D eigenvalue weighted by Gasteiger charge is -2.44. The minimum absolute atomic E-state index is 0.00823. The van der Waals surface area contributed by atoms with E-state index in [1.54, 1.807) is 0 Å². The zero-order valence-electron chi connectivity index (χ0n) is 24.6. The summed E-state index contributed by atoms with van der Waals surface area (Å²) in [6.45, 7) is 7.71. The van der Waals surface area contributed by atoms with Crippen LogP contribution in [0.15, 0.2) is 77.3 Å². The first-order chi connectivity index (χ1) is 20.6. The Labute approximate surface area is 258 Å². The fourth-order valence-corrected chi connectivity index (χ4v) is 6.23. The van der Waals surface area contributed by atoms with Gasteiger partial charge in [0.1, 0.15) is 24.0 Å². The number of Topliss-reactive ketones (excluding diaryl/α,β-unsaturated/α-hetero) is 1. The second-order valence-corrected chi connectivity index (χ2v) is 12.4. The number of carbonyl (C=O) groups excluding carboxylic acids is 1. The highest BCUT2D eigenvalue weighted by Gasteiger charge is 2.46. The van der Waals surface area contributed by atoms with Gasteiger partial charge in [0.15, 0.2) is 5.78 Å². The molecule has 1 aliphatic carbocycles. The molecule has 3 aromatic carbocycles. The second-order valence-electron chi connectivity index (χ2n) is 12.0. The van der Waals surface area contributed by atoms with Crippen LogP contribution in [0.2, 0.25) is 5.02 Å². The first kappa shape index (κ1) is 31.1. The minimum atomic E-state index is -4.65. The number of nitrogens with two attached hydrogens (primary N) is 1. The fourth-order valence-electron chi connectivity index (χ4n) is 6.03. The molecule has 44 heavy (non-hydrogen) atoms. The number of carbonyl (C=O) groups is 1. The molecule has 2 N–H and O–H groups in total. The number of halogens is 5. The van der Waals surface area contributed by atoms with E-state index in [4.69, 9.17) is 22.1 Å². The molecule has 1 heterocycles. The highest BCUT2D eigenvalue weighted by Crippen LogP contribution is 2.52. The van der Waals surface area contributed by atoms with Crippen molar-refractivity contribution in [2.24, 2.45) is 11.1 Å². The van der Waals surface area contributed by atoms with Gasteiger partial charge in [-0.3, -0.25) is 9.69 Å². The molecule has 0 spiro atoms. The van der Waals surface area contributed by atoms with Gasteiger partial charge in [-0.1, -0.05) is 37.6 Å². The van der Waals surface area contributed by atoms with Crippen LogP contribution in [0.1, 0.15) is 60.4 Å². The monoisotopic (exact) mass is 623 g/mol. The van der Waals surface area contributed by atoms with Crippen molar-refractivity contribution in [2.45, 2.75) is 59.2 Å². The molecular formula is C34H30ClF4N3O2. The Morgan fingerprint density at radius 2 is 1.75 bits per heavy atom. The smallest absolute Gasteiger partial charge is 0.416 e. The number of hydrogen-bond acceptors (Lipinski definition) is 5. The van der Waals surface area contributed by atoms with Crippen LogP contribution in [-0.4, -0.2) is 5.78 Å². The normalized spacial score (nSPS) is 18.3. The molecule has 0 radical (unpaired) electrons. The third kappa shape index (κ3) is 5.79. The molecule has 0 saturated heterocycles. The van der Waals surface area contributed by atoms with Crippen LogP contribution in [0, 0.1) is 36.4 Å². The van der Waals surface area contributed by atoms with Crippen molar-refractivity contribution >= 4 is 23.1 Å². The van der Waals surface area contributed by atoms with Crippen molar-refractivity contribution in [3.63, 3.8) is 0 Å². The molecule has 1 aliphatic heterocycles. The van der Waals surface area contributed by atoms with Crippen molar-refractivity contribution in [1.29, 1.82) is 5.26 Å². The SMILES string of the molecule is Cc1cc(C)c(C2C(C#N)=C(N)N(c3cc(C(F)(F)F)ccc3Cl)C3=C2C(=O)CC(C)(C)C3)cc1COc1ccc(F)cc1. The number of benzene rings is 3. The summed E-state index contributed by atoms with van der Waals surface area (Å²) in [6, 6.07) is 14.5. The number of rotatable bonds is 5. The Kier molecular flexibility index (Phi) is 8.02. The summed E-state index contributed by atoms with van der Waals surface area (Å²) < 4.78 is 60.6. The Bertz CT molecular complexity index is 1770. The zero-order chi connectivity index (χ0) is 32.1. The van der Waals surface area contributed by atoms with Gasteiger partial charge in [-0.05, 0) is 90.4 Å². The molecule has 1 atom stereocenters. The molecule has 2 aliphatic rings. The maximum absolute atomic E-state index is 14.0. The molecular weight excluding hydrogens is 594 g/mol. The van der Waals surface area contributed by atoms with Gasteiger partial charge in [-0.15, -0.1) is 0 Å². The van der Waals surface area contributed by atoms with Gasteiger partial charge in [-0.25, -0.2) is 4.39 Å². The molecule has 0 bridgehead atoms. The summed E-state index contributed by atoms with van der Waals surface area (Å²) in [4.78, 5) is 15.3. The molecule has 0 saturated carbocycles. The first-order valence-electron chi connectivity index (χ1n) is 13.9. The summed E-state index contributed by atoms with van der Waals surface area (Å²) >= 11 is 6.47. The van der Waals surface area contributed by atoms with Gasteiger partial charge >= 0.3 is 6.18 Å². The van der Waals surface area contributed by atoms with Gasteiger partial charge in [0, 0.05) is 17.7 Å².